The molecule has 16 heavy (non-hydrogen) atoms. The van der Waals surface area contributed by atoms with Crippen LogP contribution >= 0.6 is 15.9 Å². The molecule has 0 aliphatic carbocycles. The number of methoxy groups -OCH3 is 1. The molecule has 0 aliphatic rings. The van der Waals surface area contributed by atoms with Crippen molar-refractivity contribution >= 4 is 33.9 Å². The van der Waals surface area contributed by atoms with Crippen LogP contribution in [0.25, 0.3) is 0 Å². The van der Waals surface area contributed by atoms with Gasteiger partial charge in [-0.05, 0) is 28.1 Å². The van der Waals surface area contributed by atoms with Crippen molar-refractivity contribution in [1.82, 2.24) is 0 Å². The van der Waals surface area contributed by atoms with Crippen molar-refractivity contribution in [2.24, 2.45) is 0 Å². The molecule has 0 spiro atoms. The van der Waals surface area contributed by atoms with E-state index in [0.29, 0.717) is 6.29 Å². The molecule has 84 valence electrons. The highest BCUT2D eigenvalue weighted by Crippen LogP contribution is 2.31. The maximum Gasteiger partial charge on any atom is 0.345 e. The molecule has 1 aromatic carbocycles. The number of hydrogen-bond acceptors (Lipinski definition) is 5. The molecule has 0 radical (unpaired) electrons. The van der Waals surface area contributed by atoms with Gasteiger partial charge in [0.1, 0.15) is 5.56 Å². The summed E-state index contributed by atoms with van der Waals surface area (Å²) < 4.78 is 4.52. The van der Waals surface area contributed by atoms with Crippen LogP contribution in [0.1, 0.15) is 20.7 Å². The van der Waals surface area contributed by atoms with E-state index in [0.717, 1.165) is 7.11 Å². The molecule has 7 heteroatoms. The number of nitro groups is 1. The Labute approximate surface area is 98.5 Å². The SMILES string of the molecule is COC(=O)c1c(C=O)ccc(Br)c1[N+](=O)[O-]. The molecule has 0 atom stereocenters. The smallest absolute Gasteiger partial charge is 0.345 e. The zero-order chi connectivity index (χ0) is 12.3. The fourth-order valence-electron chi connectivity index (χ4n) is 1.17. The Bertz CT molecular complexity index is 471. The third-order valence-corrected chi connectivity index (χ3v) is 2.50. The molecule has 6 nitrogen and oxygen atoms in total. The van der Waals surface area contributed by atoms with E-state index in [1.54, 1.807) is 0 Å². The van der Waals surface area contributed by atoms with Gasteiger partial charge >= 0.3 is 5.97 Å². The minimum absolute atomic E-state index is 0.0817. The molecule has 0 saturated heterocycles. The Hall–Kier alpha value is -1.76. The standard InChI is InChI=1S/C9H6BrNO5/c1-16-9(13)7-5(4-12)2-3-6(10)8(7)11(14)15/h2-4H,1H3. The summed E-state index contributed by atoms with van der Waals surface area (Å²) in [6.07, 6.45) is 0.367. The minimum atomic E-state index is -0.921. The van der Waals surface area contributed by atoms with Crippen molar-refractivity contribution in [3.05, 3.63) is 37.8 Å². The predicted octanol–water partition coefficient (Wildman–Crippen LogP) is 1.96. The van der Waals surface area contributed by atoms with Gasteiger partial charge in [-0.2, -0.15) is 0 Å². The molecule has 0 N–H and O–H groups in total. The van der Waals surface area contributed by atoms with Crippen LogP contribution in [0.5, 0.6) is 0 Å². The molecule has 0 aliphatic heterocycles. The summed E-state index contributed by atoms with van der Waals surface area (Å²) in [5.74, 6) is -0.921. The van der Waals surface area contributed by atoms with E-state index in [1.165, 1.54) is 12.1 Å². The maximum absolute atomic E-state index is 11.4. The summed E-state index contributed by atoms with van der Waals surface area (Å²) in [7, 11) is 1.08. The molecular weight excluding hydrogens is 282 g/mol. The number of ether oxygens (including phenoxy) is 1. The molecule has 0 amide bonds. The van der Waals surface area contributed by atoms with Crippen LogP contribution in [0.15, 0.2) is 16.6 Å². The third-order valence-electron chi connectivity index (χ3n) is 1.86. The van der Waals surface area contributed by atoms with Gasteiger partial charge in [0.05, 0.1) is 16.5 Å². The first-order valence-corrected chi connectivity index (χ1v) is 4.82. The summed E-state index contributed by atoms with van der Waals surface area (Å²) >= 11 is 2.94. The van der Waals surface area contributed by atoms with E-state index in [1.807, 2.05) is 0 Å². The van der Waals surface area contributed by atoms with Gasteiger partial charge in [-0.1, -0.05) is 0 Å². The van der Waals surface area contributed by atoms with Gasteiger partial charge in [-0.3, -0.25) is 14.9 Å². The number of esters is 1. The highest BCUT2D eigenvalue weighted by atomic mass is 79.9. The van der Waals surface area contributed by atoms with Crippen LogP contribution in [-0.4, -0.2) is 24.3 Å². The number of carbonyl (C=O) groups is 2. The van der Waals surface area contributed by atoms with Crippen LogP contribution in [0.4, 0.5) is 5.69 Å². The average molecular weight is 288 g/mol. The fraction of sp³-hybridized carbons (Fsp3) is 0.111. The van der Waals surface area contributed by atoms with Gasteiger partial charge in [-0.15, -0.1) is 0 Å². The Morgan fingerprint density at radius 1 is 1.56 bits per heavy atom. The second-order valence-electron chi connectivity index (χ2n) is 2.73. The van der Waals surface area contributed by atoms with Crippen LogP contribution in [0.2, 0.25) is 0 Å². The Kier molecular flexibility index (Phi) is 3.73. The summed E-state index contributed by atoms with van der Waals surface area (Å²) in [4.78, 5) is 32.1. The fourth-order valence-corrected chi connectivity index (χ4v) is 1.65. The van der Waals surface area contributed by atoms with Crippen molar-refractivity contribution in [2.75, 3.05) is 7.11 Å². The second-order valence-corrected chi connectivity index (χ2v) is 3.58. The van der Waals surface area contributed by atoms with E-state index in [4.69, 9.17) is 0 Å². The van der Waals surface area contributed by atoms with Crippen molar-refractivity contribution in [1.29, 1.82) is 0 Å². The highest BCUT2D eigenvalue weighted by molar-refractivity contribution is 9.10. The van der Waals surface area contributed by atoms with Crippen LogP contribution in [0, 0.1) is 10.1 Å². The Morgan fingerprint density at radius 2 is 2.19 bits per heavy atom. The van der Waals surface area contributed by atoms with E-state index in [-0.39, 0.29) is 15.6 Å². The summed E-state index contributed by atoms with van der Waals surface area (Å²) in [6.45, 7) is 0. The number of rotatable bonds is 3. The summed E-state index contributed by atoms with van der Waals surface area (Å²) in [5.41, 5.74) is -0.907. The molecule has 0 saturated carbocycles. The van der Waals surface area contributed by atoms with Gasteiger partial charge in [0.2, 0.25) is 0 Å². The molecule has 0 heterocycles. The number of nitro benzene ring substituents is 1. The molecule has 1 rings (SSSR count). The number of nitrogens with zero attached hydrogens (tertiary/aromatic N) is 1. The minimum Gasteiger partial charge on any atom is -0.465 e. The lowest BCUT2D eigenvalue weighted by atomic mass is 10.1. The highest BCUT2D eigenvalue weighted by Gasteiger charge is 2.27. The van der Waals surface area contributed by atoms with E-state index < -0.39 is 16.6 Å². The topological polar surface area (TPSA) is 86.5 Å². The van der Waals surface area contributed by atoms with Crippen molar-refractivity contribution in [2.45, 2.75) is 0 Å². The predicted molar refractivity (Wildman–Crippen MR) is 57.5 cm³/mol. The van der Waals surface area contributed by atoms with Gasteiger partial charge < -0.3 is 4.74 Å². The first-order valence-electron chi connectivity index (χ1n) is 4.03. The molecule has 1 aromatic rings. The van der Waals surface area contributed by atoms with Crippen LogP contribution in [0.3, 0.4) is 0 Å². The lowest BCUT2D eigenvalue weighted by molar-refractivity contribution is -0.386. The molecular formula is C9H6BrNO5. The molecule has 0 aromatic heterocycles. The lowest BCUT2D eigenvalue weighted by Gasteiger charge is -2.05. The monoisotopic (exact) mass is 287 g/mol. The first-order chi connectivity index (χ1) is 7.52. The average Bonchev–Trinajstić information content (AvgIpc) is 2.27. The Balaban J connectivity index is 3.61. The molecule has 0 bridgehead atoms. The quantitative estimate of drug-likeness (QED) is 0.367. The molecule has 0 fully saturated rings. The maximum atomic E-state index is 11.4. The largest absolute Gasteiger partial charge is 0.465 e. The van der Waals surface area contributed by atoms with Gasteiger partial charge in [0.25, 0.3) is 5.69 Å². The van der Waals surface area contributed by atoms with Crippen LogP contribution < -0.4 is 0 Å². The number of hydrogen-bond donors (Lipinski definition) is 0. The van der Waals surface area contributed by atoms with Crippen LogP contribution in [-0.2, 0) is 4.74 Å². The second kappa shape index (κ2) is 4.84. The normalized spacial score (nSPS) is 9.62. The van der Waals surface area contributed by atoms with E-state index >= 15 is 0 Å². The zero-order valence-electron chi connectivity index (χ0n) is 8.10. The van der Waals surface area contributed by atoms with E-state index in [2.05, 4.69) is 20.7 Å². The van der Waals surface area contributed by atoms with Crippen molar-refractivity contribution in [3.63, 3.8) is 0 Å². The zero-order valence-corrected chi connectivity index (χ0v) is 9.68. The van der Waals surface area contributed by atoms with E-state index in [9.17, 15) is 19.7 Å². The van der Waals surface area contributed by atoms with Gasteiger partial charge in [0.15, 0.2) is 6.29 Å². The number of halogens is 1. The third kappa shape index (κ3) is 2.08. The van der Waals surface area contributed by atoms with Gasteiger partial charge in [0, 0.05) is 5.56 Å². The van der Waals surface area contributed by atoms with Crippen molar-refractivity contribution < 1.29 is 19.2 Å². The number of benzene rings is 1. The Morgan fingerprint density at radius 3 is 2.62 bits per heavy atom. The molecule has 0 unspecified atom stereocenters. The number of aldehydes is 1. The lowest BCUT2D eigenvalue weighted by Crippen LogP contribution is -2.09. The summed E-state index contributed by atoms with van der Waals surface area (Å²) in [6, 6.07) is 2.63. The first kappa shape index (κ1) is 12.3. The summed E-state index contributed by atoms with van der Waals surface area (Å²) in [5, 5.41) is 10.8. The van der Waals surface area contributed by atoms with Gasteiger partial charge in [-0.25, -0.2) is 4.79 Å². The van der Waals surface area contributed by atoms with Crippen molar-refractivity contribution in [3.8, 4) is 0 Å². The number of carbonyl (C=O) groups excluding carboxylic acids is 2.